The number of anilines is 2. The Kier molecular flexibility index (Phi) is 3.43. The Bertz CT molecular complexity index is 489. The number of halogens is 1. The van der Waals surface area contributed by atoms with Crippen LogP contribution in [0.2, 0.25) is 0 Å². The molecule has 2 heteroatoms. The number of hydrogen-bond acceptors (Lipinski definition) is 1. The highest BCUT2D eigenvalue weighted by molar-refractivity contribution is 5.60. The molecule has 0 aliphatic rings. The summed E-state index contributed by atoms with van der Waals surface area (Å²) in [5.74, 6) is 0.276. The second kappa shape index (κ2) is 5.00. The van der Waals surface area contributed by atoms with Crippen LogP contribution in [0, 0.1) is 5.82 Å². The van der Waals surface area contributed by atoms with E-state index >= 15 is 0 Å². The summed E-state index contributed by atoms with van der Waals surface area (Å²) in [6.07, 6.45) is 0. The predicted octanol–water partition coefficient (Wildman–Crippen LogP) is 4.69. The smallest absolute Gasteiger partial charge is 0.146 e. The fourth-order valence-corrected chi connectivity index (χ4v) is 1.67. The lowest BCUT2D eigenvalue weighted by Gasteiger charge is -2.09. The number of rotatable bonds is 3. The highest BCUT2D eigenvalue weighted by Crippen LogP contribution is 2.22. The first kappa shape index (κ1) is 11.6. The average Bonchev–Trinajstić information content (AvgIpc) is 2.33. The molecule has 88 valence electrons. The topological polar surface area (TPSA) is 12.0 Å². The van der Waals surface area contributed by atoms with Crippen LogP contribution in [0.3, 0.4) is 0 Å². The van der Waals surface area contributed by atoms with E-state index in [1.165, 1.54) is 11.6 Å². The van der Waals surface area contributed by atoms with Crippen molar-refractivity contribution in [1.29, 1.82) is 0 Å². The molecule has 0 spiro atoms. The molecular formula is C15H16FN. The zero-order chi connectivity index (χ0) is 12.3. The van der Waals surface area contributed by atoms with E-state index in [-0.39, 0.29) is 5.82 Å². The molecule has 0 aliphatic heterocycles. The highest BCUT2D eigenvalue weighted by atomic mass is 19.1. The van der Waals surface area contributed by atoms with E-state index in [2.05, 4.69) is 31.3 Å². The molecule has 0 saturated carbocycles. The number of benzene rings is 2. The van der Waals surface area contributed by atoms with Crippen LogP contribution in [0.1, 0.15) is 25.3 Å². The van der Waals surface area contributed by atoms with Crippen molar-refractivity contribution in [3.8, 4) is 0 Å². The summed E-state index contributed by atoms with van der Waals surface area (Å²) in [6.45, 7) is 4.30. The minimum atomic E-state index is -0.236. The lowest BCUT2D eigenvalue weighted by atomic mass is 10.0. The lowest BCUT2D eigenvalue weighted by Crippen LogP contribution is -1.94. The van der Waals surface area contributed by atoms with E-state index in [9.17, 15) is 4.39 Å². The molecule has 0 saturated heterocycles. The third-order valence-corrected chi connectivity index (χ3v) is 2.73. The standard InChI is InChI=1S/C15H16FN/c1-11(2)12-7-9-13(10-8-12)17-15-6-4-3-5-14(15)16/h3-11,17H,1-2H3. The van der Waals surface area contributed by atoms with Crippen molar-refractivity contribution in [1.82, 2.24) is 0 Å². The maximum atomic E-state index is 13.4. The third-order valence-electron chi connectivity index (χ3n) is 2.73. The Hall–Kier alpha value is -1.83. The summed E-state index contributed by atoms with van der Waals surface area (Å²) in [6, 6.07) is 14.7. The summed E-state index contributed by atoms with van der Waals surface area (Å²) in [5, 5.41) is 3.06. The Morgan fingerprint density at radius 3 is 2.18 bits per heavy atom. The van der Waals surface area contributed by atoms with Crippen molar-refractivity contribution in [2.45, 2.75) is 19.8 Å². The first-order valence-corrected chi connectivity index (χ1v) is 5.78. The van der Waals surface area contributed by atoms with Crippen LogP contribution in [0.5, 0.6) is 0 Å². The van der Waals surface area contributed by atoms with Crippen molar-refractivity contribution in [2.24, 2.45) is 0 Å². The monoisotopic (exact) mass is 229 g/mol. The number of hydrogen-bond donors (Lipinski definition) is 1. The predicted molar refractivity (Wildman–Crippen MR) is 70.2 cm³/mol. The summed E-state index contributed by atoms with van der Waals surface area (Å²) in [5.41, 5.74) is 2.69. The maximum Gasteiger partial charge on any atom is 0.146 e. The Labute approximate surface area is 101 Å². The summed E-state index contributed by atoms with van der Waals surface area (Å²) in [7, 11) is 0. The maximum absolute atomic E-state index is 13.4. The van der Waals surface area contributed by atoms with Crippen LogP contribution in [0.4, 0.5) is 15.8 Å². The van der Waals surface area contributed by atoms with Gasteiger partial charge < -0.3 is 5.32 Å². The van der Waals surface area contributed by atoms with E-state index < -0.39 is 0 Å². The molecule has 0 bridgehead atoms. The molecule has 0 radical (unpaired) electrons. The van der Waals surface area contributed by atoms with Gasteiger partial charge in [-0.05, 0) is 35.7 Å². The molecule has 0 fully saturated rings. The van der Waals surface area contributed by atoms with Gasteiger partial charge in [-0.15, -0.1) is 0 Å². The van der Waals surface area contributed by atoms with Crippen LogP contribution in [0.25, 0.3) is 0 Å². The van der Waals surface area contributed by atoms with Gasteiger partial charge in [0.05, 0.1) is 5.69 Å². The van der Waals surface area contributed by atoms with Gasteiger partial charge in [-0.25, -0.2) is 4.39 Å². The molecular weight excluding hydrogens is 213 g/mol. The first-order chi connectivity index (χ1) is 8.16. The quantitative estimate of drug-likeness (QED) is 0.804. The van der Waals surface area contributed by atoms with Crippen LogP contribution in [-0.4, -0.2) is 0 Å². The molecule has 1 nitrogen and oxygen atoms in total. The SMILES string of the molecule is CC(C)c1ccc(Nc2ccccc2F)cc1. The highest BCUT2D eigenvalue weighted by Gasteiger charge is 2.02. The molecule has 17 heavy (non-hydrogen) atoms. The Morgan fingerprint density at radius 1 is 0.941 bits per heavy atom. The van der Waals surface area contributed by atoms with Gasteiger partial charge in [-0.2, -0.15) is 0 Å². The largest absolute Gasteiger partial charge is 0.353 e. The molecule has 2 aromatic carbocycles. The van der Waals surface area contributed by atoms with Crippen LogP contribution < -0.4 is 5.32 Å². The van der Waals surface area contributed by atoms with Crippen molar-refractivity contribution in [3.63, 3.8) is 0 Å². The fraction of sp³-hybridized carbons (Fsp3) is 0.200. The minimum Gasteiger partial charge on any atom is -0.353 e. The van der Waals surface area contributed by atoms with Crippen molar-refractivity contribution < 1.29 is 4.39 Å². The Balaban J connectivity index is 2.17. The van der Waals surface area contributed by atoms with Crippen molar-refractivity contribution in [3.05, 3.63) is 59.9 Å². The van der Waals surface area contributed by atoms with Gasteiger partial charge in [0.2, 0.25) is 0 Å². The molecule has 0 aliphatic carbocycles. The molecule has 2 rings (SSSR count). The molecule has 2 aromatic rings. The van der Waals surface area contributed by atoms with Gasteiger partial charge in [0.25, 0.3) is 0 Å². The lowest BCUT2D eigenvalue weighted by molar-refractivity contribution is 0.632. The van der Waals surface area contributed by atoms with Gasteiger partial charge >= 0.3 is 0 Å². The van der Waals surface area contributed by atoms with E-state index in [1.807, 2.05) is 18.2 Å². The Morgan fingerprint density at radius 2 is 1.59 bits per heavy atom. The first-order valence-electron chi connectivity index (χ1n) is 5.78. The van der Waals surface area contributed by atoms with Crippen LogP contribution >= 0.6 is 0 Å². The van der Waals surface area contributed by atoms with Crippen molar-refractivity contribution in [2.75, 3.05) is 5.32 Å². The second-order valence-corrected chi connectivity index (χ2v) is 4.38. The summed E-state index contributed by atoms with van der Waals surface area (Å²) in [4.78, 5) is 0. The zero-order valence-electron chi connectivity index (χ0n) is 10.1. The summed E-state index contributed by atoms with van der Waals surface area (Å²) >= 11 is 0. The number of para-hydroxylation sites is 1. The summed E-state index contributed by atoms with van der Waals surface area (Å²) < 4.78 is 13.4. The van der Waals surface area contributed by atoms with Crippen LogP contribution in [0.15, 0.2) is 48.5 Å². The molecule has 0 aromatic heterocycles. The number of nitrogens with one attached hydrogen (secondary N) is 1. The molecule has 0 amide bonds. The van der Waals surface area contributed by atoms with Gasteiger partial charge in [-0.3, -0.25) is 0 Å². The van der Waals surface area contributed by atoms with Gasteiger partial charge in [-0.1, -0.05) is 38.1 Å². The van der Waals surface area contributed by atoms with E-state index in [0.29, 0.717) is 11.6 Å². The van der Waals surface area contributed by atoms with Gasteiger partial charge in [0.15, 0.2) is 0 Å². The second-order valence-electron chi connectivity index (χ2n) is 4.38. The van der Waals surface area contributed by atoms with E-state index in [1.54, 1.807) is 12.1 Å². The third kappa shape index (κ3) is 2.84. The van der Waals surface area contributed by atoms with E-state index in [0.717, 1.165) is 5.69 Å². The van der Waals surface area contributed by atoms with Crippen molar-refractivity contribution >= 4 is 11.4 Å². The van der Waals surface area contributed by atoms with Gasteiger partial charge in [0, 0.05) is 5.69 Å². The molecule has 0 atom stereocenters. The van der Waals surface area contributed by atoms with Crippen LogP contribution in [-0.2, 0) is 0 Å². The minimum absolute atomic E-state index is 0.236. The molecule has 0 heterocycles. The average molecular weight is 229 g/mol. The zero-order valence-corrected chi connectivity index (χ0v) is 10.1. The fourth-order valence-electron chi connectivity index (χ4n) is 1.67. The van der Waals surface area contributed by atoms with Gasteiger partial charge in [0.1, 0.15) is 5.82 Å². The normalized spacial score (nSPS) is 10.6. The molecule has 1 N–H and O–H groups in total. The molecule has 0 unspecified atom stereocenters. The van der Waals surface area contributed by atoms with E-state index in [4.69, 9.17) is 0 Å².